The smallest absolute Gasteiger partial charge is 0.254 e. The van der Waals surface area contributed by atoms with Gasteiger partial charge in [0.25, 0.3) is 5.91 Å². The van der Waals surface area contributed by atoms with Crippen molar-refractivity contribution in [1.29, 1.82) is 0 Å². The van der Waals surface area contributed by atoms with Crippen molar-refractivity contribution in [3.05, 3.63) is 71.3 Å². The number of carbonyl (C=O) groups is 2. The fourth-order valence-corrected chi connectivity index (χ4v) is 4.41. The van der Waals surface area contributed by atoms with Crippen LogP contribution in [0, 0.1) is 11.6 Å². The Balaban J connectivity index is 1.73. The largest absolute Gasteiger partial charge is 0.334 e. The van der Waals surface area contributed by atoms with Crippen molar-refractivity contribution in [3.63, 3.8) is 0 Å². The van der Waals surface area contributed by atoms with Crippen molar-refractivity contribution in [1.82, 2.24) is 9.80 Å². The molecule has 148 valence electrons. The van der Waals surface area contributed by atoms with Crippen molar-refractivity contribution in [2.24, 2.45) is 0 Å². The Bertz CT molecular complexity index is 858. The Hall–Kier alpha value is -2.41. The summed E-state index contributed by atoms with van der Waals surface area (Å²) in [6.45, 7) is 4.47. The number of amides is 2. The highest BCUT2D eigenvalue weighted by Gasteiger charge is 2.33. The molecule has 0 N–H and O–H groups in total. The molecule has 0 aliphatic carbocycles. The van der Waals surface area contributed by atoms with Gasteiger partial charge in [0, 0.05) is 24.7 Å². The Morgan fingerprint density at radius 1 is 1.18 bits per heavy atom. The van der Waals surface area contributed by atoms with Gasteiger partial charge in [-0.25, -0.2) is 8.78 Å². The second-order valence-corrected chi connectivity index (χ2v) is 7.97. The highest BCUT2D eigenvalue weighted by atomic mass is 32.2. The average Bonchev–Trinajstić information content (AvgIpc) is 3.03. The number of thioether (sulfide) groups is 1. The number of carbonyl (C=O) groups excluding carboxylic acids is 2. The Kier molecular flexibility index (Phi) is 6.34. The minimum Gasteiger partial charge on any atom is -0.334 e. The molecule has 0 bridgehead atoms. The molecule has 2 aromatic carbocycles. The van der Waals surface area contributed by atoms with Gasteiger partial charge in [-0.15, -0.1) is 11.8 Å². The normalized spacial score (nSPS) is 16.7. The molecule has 2 amide bonds. The van der Waals surface area contributed by atoms with Gasteiger partial charge in [0.2, 0.25) is 5.91 Å². The van der Waals surface area contributed by atoms with Crippen LogP contribution >= 0.6 is 11.8 Å². The van der Waals surface area contributed by atoms with Gasteiger partial charge in [0.1, 0.15) is 17.0 Å². The van der Waals surface area contributed by atoms with Gasteiger partial charge in [-0.2, -0.15) is 0 Å². The van der Waals surface area contributed by atoms with Crippen LogP contribution in [-0.2, 0) is 4.79 Å². The lowest BCUT2D eigenvalue weighted by Gasteiger charge is -2.31. The minimum absolute atomic E-state index is 0.0304. The number of rotatable bonds is 6. The predicted molar refractivity (Wildman–Crippen MR) is 106 cm³/mol. The van der Waals surface area contributed by atoms with Crippen molar-refractivity contribution in [2.75, 3.05) is 18.8 Å². The van der Waals surface area contributed by atoms with Crippen molar-refractivity contribution in [2.45, 2.75) is 25.3 Å². The molecule has 0 saturated carbocycles. The summed E-state index contributed by atoms with van der Waals surface area (Å²) in [4.78, 5) is 28.5. The molecule has 1 aliphatic rings. The summed E-state index contributed by atoms with van der Waals surface area (Å²) in [5.41, 5.74) is 1.13. The van der Waals surface area contributed by atoms with Gasteiger partial charge in [-0.1, -0.05) is 12.1 Å². The zero-order valence-corrected chi connectivity index (χ0v) is 16.6. The standard InChI is InChI=1S/C21H22F2N2O2S/c1-14(2)24(20(27)15-6-8-17(22)9-7-15)10-11-25-19(26)13-28-21(25)16-4-3-5-18(23)12-16/h3-9,12,14,21H,10-11,13H2,1-2H3. The maximum Gasteiger partial charge on any atom is 0.254 e. The van der Waals surface area contributed by atoms with E-state index >= 15 is 0 Å². The Labute approximate surface area is 167 Å². The summed E-state index contributed by atoms with van der Waals surface area (Å²) < 4.78 is 26.7. The molecule has 4 nitrogen and oxygen atoms in total. The number of hydrogen-bond acceptors (Lipinski definition) is 3. The minimum atomic E-state index is -0.398. The third kappa shape index (κ3) is 4.52. The maximum atomic E-state index is 13.6. The van der Waals surface area contributed by atoms with Gasteiger partial charge < -0.3 is 9.80 Å². The monoisotopic (exact) mass is 404 g/mol. The van der Waals surface area contributed by atoms with Crippen LogP contribution in [0.5, 0.6) is 0 Å². The SMILES string of the molecule is CC(C)N(CCN1C(=O)CSC1c1cccc(F)c1)C(=O)c1ccc(F)cc1. The summed E-state index contributed by atoms with van der Waals surface area (Å²) >= 11 is 1.45. The zero-order valence-electron chi connectivity index (χ0n) is 15.8. The molecule has 1 saturated heterocycles. The third-order valence-corrected chi connectivity index (χ3v) is 5.92. The Morgan fingerprint density at radius 3 is 2.54 bits per heavy atom. The van der Waals surface area contributed by atoms with E-state index in [-0.39, 0.29) is 29.0 Å². The van der Waals surface area contributed by atoms with Gasteiger partial charge in [0.05, 0.1) is 5.75 Å². The fourth-order valence-electron chi connectivity index (χ4n) is 3.20. The second-order valence-electron chi connectivity index (χ2n) is 6.90. The fraction of sp³-hybridized carbons (Fsp3) is 0.333. The number of benzene rings is 2. The van der Waals surface area contributed by atoms with Crippen LogP contribution in [0.25, 0.3) is 0 Å². The van der Waals surface area contributed by atoms with Gasteiger partial charge in [-0.3, -0.25) is 9.59 Å². The first-order chi connectivity index (χ1) is 13.4. The van der Waals surface area contributed by atoms with E-state index in [1.165, 1.54) is 48.2 Å². The van der Waals surface area contributed by atoms with Crippen LogP contribution in [0.15, 0.2) is 48.5 Å². The molecule has 0 radical (unpaired) electrons. The molecule has 7 heteroatoms. The topological polar surface area (TPSA) is 40.6 Å². The van der Waals surface area contributed by atoms with E-state index in [0.717, 1.165) is 5.56 Å². The lowest BCUT2D eigenvalue weighted by atomic mass is 10.1. The van der Waals surface area contributed by atoms with E-state index < -0.39 is 5.82 Å². The van der Waals surface area contributed by atoms with Crippen LogP contribution in [0.4, 0.5) is 8.78 Å². The summed E-state index contributed by atoms with van der Waals surface area (Å²) in [6.07, 6.45) is 0. The molecular formula is C21H22F2N2O2S. The van der Waals surface area contributed by atoms with Crippen LogP contribution in [-0.4, -0.2) is 46.5 Å². The van der Waals surface area contributed by atoms with Gasteiger partial charge in [-0.05, 0) is 55.8 Å². The molecule has 2 aromatic rings. The van der Waals surface area contributed by atoms with E-state index in [4.69, 9.17) is 0 Å². The molecule has 0 spiro atoms. The van der Waals surface area contributed by atoms with Crippen molar-refractivity contribution < 1.29 is 18.4 Å². The average molecular weight is 404 g/mol. The first-order valence-corrected chi connectivity index (χ1v) is 10.1. The van der Waals surface area contributed by atoms with E-state index in [0.29, 0.717) is 24.4 Å². The summed E-state index contributed by atoms with van der Waals surface area (Å²) in [5.74, 6) is -0.652. The van der Waals surface area contributed by atoms with Gasteiger partial charge >= 0.3 is 0 Å². The van der Waals surface area contributed by atoms with E-state index in [2.05, 4.69) is 0 Å². The summed E-state index contributed by atoms with van der Waals surface area (Å²) in [5, 5.41) is -0.266. The molecule has 1 fully saturated rings. The van der Waals surface area contributed by atoms with E-state index in [1.54, 1.807) is 21.9 Å². The van der Waals surface area contributed by atoms with E-state index in [1.807, 2.05) is 13.8 Å². The van der Waals surface area contributed by atoms with Crippen LogP contribution < -0.4 is 0 Å². The maximum absolute atomic E-state index is 13.6. The highest BCUT2D eigenvalue weighted by Crippen LogP contribution is 2.38. The lowest BCUT2D eigenvalue weighted by Crippen LogP contribution is -2.43. The van der Waals surface area contributed by atoms with Crippen LogP contribution in [0.2, 0.25) is 0 Å². The quantitative estimate of drug-likeness (QED) is 0.728. The molecule has 28 heavy (non-hydrogen) atoms. The molecular weight excluding hydrogens is 382 g/mol. The summed E-state index contributed by atoms with van der Waals surface area (Å²) in [6, 6.07) is 11.6. The van der Waals surface area contributed by atoms with E-state index in [9.17, 15) is 18.4 Å². The molecule has 1 unspecified atom stereocenters. The second kappa shape index (κ2) is 8.73. The van der Waals surface area contributed by atoms with Crippen LogP contribution in [0.1, 0.15) is 35.1 Å². The first kappa shape index (κ1) is 20.3. The zero-order chi connectivity index (χ0) is 20.3. The summed E-state index contributed by atoms with van der Waals surface area (Å²) in [7, 11) is 0. The molecule has 3 rings (SSSR count). The highest BCUT2D eigenvalue weighted by molar-refractivity contribution is 8.00. The predicted octanol–water partition coefficient (Wildman–Crippen LogP) is 4.09. The number of hydrogen-bond donors (Lipinski definition) is 0. The molecule has 1 heterocycles. The van der Waals surface area contributed by atoms with Crippen molar-refractivity contribution in [3.8, 4) is 0 Å². The van der Waals surface area contributed by atoms with Gasteiger partial charge in [0.15, 0.2) is 0 Å². The number of halogens is 2. The first-order valence-electron chi connectivity index (χ1n) is 9.10. The number of nitrogens with zero attached hydrogens (tertiary/aromatic N) is 2. The molecule has 1 aliphatic heterocycles. The lowest BCUT2D eigenvalue weighted by molar-refractivity contribution is -0.128. The molecule has 0 aromatic heterocycles. The van der Waals surface area contributed by atoms with Crippen molar-refractivity contribution >= 4 is 23.6 Å². The van der Waals surface area contributed by atoms with Crippen LogP contribution in [0.3, 0.4) is 0 Å². The molecule has 1 atom stereocenters. The third-order valence-electron chi connectivity index (χ3n) is 4.66. The Morgan fingerprint density at radius 2 is 1.89 bits per heavy atom.